The first-order valence-corrected chi connectivity index (χ1v) is 7.21. The van der Waals surface area contributed by atoms with E-state index in [9.17, 15) is 9.59 Å². The zero-order valence-electron chi connectivity index (χ0n) is 12.5. The van der Waals surface area contributed by atoms with E-state index in [1.54, 1.807) is 16.9 Å². The molecule has 1 atom stereocenters. The Balaban J connectivity index is 1.96. The van der Waals surface area contributed by atoms with Crippen LogP contribution >= 0.6 is 0 Å². The standard InChI is InChI=1S/C14H18N6O2/c1-8(2)6-16-11-5-10(19-20-4-3-15-12(11)20)9-7-17-14(22)18-13(9)21/h3-5,8-9,16H,6-7H2,1-2H3,(H2,17,18,21,22). The molecule has 1 aliphatic rings. The summed E-state index contributed by atoms with van der Waals surface area (Å²) in [6.45, 7) is 5.25. The van der Waals surface area contributed by atoms with Crippen molar-refractivity contribution in [1.82, 2.24) is 25.2 Å². The van der Waals surface area contributed by atoms with Gasteiger partial charge >= 0.3 is 6.03 Å². The lowest BCUT2D eigenvalue weighted by atomic mass is 10.0. The number of urea groups is 1. The molecule has 0 aliphatic carbocycles. The molecule has 3 N–H and O–H groups in total. The number of imidazole rings is 1. The summed E-state index contributed by atoms with van der Waals surface area (Å²) >= 11 is 0. The van der Waals surface area contributed by atoms with Crippen LogP contribution < -0.4 is 16.0 Å². The minimum Gasteiger partial charge on any atom is -0.382 e. The number of amides is 3. The van der Waals surface area contributed by atoms with Gasteiger partial charge in [-0.05, 0) is 12.0 Å². The van der Waals surface area contributed by atoms with Gasteiger partial charge in [-0.1, -0.05) is 13.8 Å². The van der Waals surface area contributed by atoms with Crippen molar-refractivity contribution in [2.45, 2.75) is 19.8 Å². The van der Waals surface area contributed by atoms with E-state index in [0.717, 1.165) is 12.2 Å². The summed E-state index contributed by atoms with van der Waals surface area (Å²) in [6.07, 6.45) is 3.40. The molecular formula is C14H18N6O2. The normalized spacial score (nSPS) is 18.4. The van der Waals surface area contributed by atoms with E-state index in [1.165, 1.54) is 0 Å². The van der Waals surface area contributed by atoms with Crippen LogP contribution in [0.2, 0.25) is 0 Å². The second kappa shape index (κ2) is 5.63. The third kappa shape index (κ3) is 2.72. The molecule has 3 heterocycles. The lowest BCUT2D eigenvalue weighted by Crippen LogP contribution is -2.51. The van der Waals surface area contributed by atoms with Gasteiger partial charge in [0.1, 0.15) is 0 Å². The molecule has 1 aliphatic heterocycles. The summed E-state index contributed by atoms with van der Waals surface area (Å²) in [5.41, 5.74) is 2.13. The van der Waals surface area contributed by atoms with Gasteiger partial charge in [-0.25, -0.2) is 14.3 Å². The molecule has 2 aromatic rings. The van der Waals surface area contributed by atoms with Crippen LogP contribution in [-0.4, -0.2) is 39.6 Å². The number of carbonyl (C=O) groups excluding carboxylic acids is 2. The maximum atomic E-state index is 12.0. The Bertz CT molecular complexity index is 723. The van der Waals surface area contributed by atoms with Crippen molar-refractivity contribution in [2.24, 2.45) is 5.92 Å². The van der Waals surface area contributed by atoms with Crippen LogP contribution in [0.3, 0.4) is 0 Å². The zero-order chi connectivity index (χ0) is 15.7. The fourth-order valence-electron chi connectivity index (χ4n) is 2.32. The topological polar surface area (TPSA) is 100 Å². The predicted octanol–water partition coefficient (Wildman–Crippen LogP) is 0.720. The highest BCUT2D eigenvalue weighted by molar-refractivity contribution is 6.00. The number of rotatable bonds is 4. The first-order valence-electron chi connectivity index (χ1n) is 7.21. The van der Waals surface area contributed by atoms with Gasteiger partial charge in [0, 0.05) is 25.5 Å². The highest BCUT2D eigenvalue weighted by atomic mass is 16.2. The molecular weight excluding hydrogens is 284 g/mol. The number of hydrogen-bond donors (Lipinski definition) is 3. The average Bonchev–Trinajstić information content (AvgIpc) is 2.93. The first-order chi connectivity index (χ1) is 10.5. The van der Waals surface area contributed by atoms with Crippen LogP contribution in [0.25, 0.3) is 5.65 Å². The van der Waals surface area contributed by atoms with E-state index in [1.807, 2.05) is 6.07 Å². The minimum absolute atomic E-state index is 0.238. The largest absolute Gasteiger partial charge is 0.382 e. The van der Waals surface area contributed by atoms with Crippen molar-refractivity contribution in [3.05, 3.63) is 24.2 Å². The molecule has 0 aromatic carbocycles. The van der Waals surface area contributed by atoms with Crippen molar-refractivity contribution >= 4 is 23.3 Å². The number of imide groups is 1. The molecule has 22 heavy (non-hydrogen) atoms. The predicted molar refractivity (Wildman–Crippen MR) is 80.6 cm³/mol. The molecule has 0 spiro atoms. The van der Waals surface area contributed by atoms with Crippen LogP contribution in [0.1, 0.15) is 25.5 Å². The van der Waals surface area contributed by atoms with Crippen molar-refractivity contribution < 1.29 is 9.59 Å². The highest BCUT2D eigenvalue weighted by Gasteiger charge is 2.29. The zero-order valence-corrected chi connectivity index (χ0v) is 12.5. The Morgan fingerprint density at radius 3 is 3.00 bits per heavy atom. The Morgan fingerprint density at radius 2 is 2.27 bits per heavy atom. The number of fused-ring (bicyclic) bond motifs is 1. The number of hydrogen-bond acceptors (Lipinski definition) is 5. The number of aromatic nitrogens is 3. The monoisotopic (exact) mass is 302 g/mol. The lowest BCUT2D eigenvalue weighted by molar-refractivity contribution is -0.122. The highest BCUT2D eigenvalue weighted by Crippen LogP contribution is 2.22. The summed E-state index contributed by atoms with van der Waals surface area (Å²) in [5.74, 6) is -0.376. The molecule has 8 heteroatoms. The van der Waals surface area contributed by atoms with E-state index in [4.69, 9.17) is 0 Å². The molecule has 3 rings (SSSR count). The van der Waals surface area contributed by atoms with Crippen molar-refractivity contribution in [3.8, 4) is 0 Å². The summed E-state index contributed by atoms with van der Waals surface area (Å²) in [7, 11) is 0. The molecule has 0 saturated carbocycles. The Kier molecular flexibility index (Phi) is 3.66. The summed E-state index contributed by atoms with van der Waals surface area (Å²) in [4.78, 5) is 27.5. The van der Waals surface area contributed by atoms with E-state index in [2.05, 4.69) is 39.9 Å². The molecule has 8 nitrogen and oxygen atoms in total. The molecule has 1 saturated heterocycles. The van der Waals surface area contributed by atoms with Gasteiger partial charge in [0.15, 0.2) is 5.65 Å². The quantitative estimate of drug-likeness (QED) is 0.772. The fourth-order valence-corrected chi connectivity index (χ4v) is 2.32. The SMILES string of the molecule is CC(C)CNc1cc(C2CNC(=O)NC2=O)nn2ccnc12. The molecule has 2 aromatic heterocycles. The van der Waals surface area contributed by atoms with E-state index >= 15 is 0 Å². The Labute approximate surface area is 127 Å². The van der Waals surface area contributed by atoms with Crippen LogP contribution in [0, 0.1) is 5.92 Å². The smallest absolute Gasteiger partial charge is 0.321 e. The van der Waals surface area contributed by atoms with Crippen molar-refractivity contribution in [1.29, 1.82) is 0 Å². The maximum absolute atomic E-state index is 12.0. The van der Waals surface area contributed by atoms with Crippen molar-refractivity contribution in [2.75, 3.05) is 18.4 Å². The second-order valence-electron chi connectivity index (χ2n) is 5.70. The lowest BCUT2D eigenvalue weighted by Gasteiger charge is -2.22. The fraction of sp³-hybridized carbons (Fsp3) is 0.429. The first kappa shape index (κ1) is 14.3. The number of anilines is 1. The average molecular weight is 302 g/mol. The molecule has 0 radical (unpaired) electrons. The van der Waals surface area contributed by atoms with Gasteiger partial charge in [-0.3, -0.25) is 10.1 Å². The maximum Gasteiger partial charge on any atom is 0.321 e. The number of carbonyl (C=O) groups is 2. The van der Waals surface area contributed by atoms with Crippen LogP contribution in [-0.2, 0) is 4.79 Å². The second-order valence-corrected chi connectivity index (χ2v) is 5.70. The number of nitrogens with one attached hydrogen (secondary N) is 3. The van der Waals surface area contributed by atoms with Crippen LogP contribution in [0.5, 0.6) is 0 Å². The van der Waals surface area contributed by atoms with Gasteiger partial charge < -0.3 is 10.6 Å². The Morgan fingerprint density at radius 1 is 1.45 bits per heavy atom. The molecule has 1 unspecified atom stereocenters. The van der Waals surface area contributed by atoms with Gasteiger partial charge in [-0.15, -0.1) is 0 Å². The van der Waals surface area contributed by atoms with Gasteiger partial charge in [-0.2, -0.15) is 5.10 Å². The van der Waals surface area contributed by atoms with Crippen LogP contribution in [0.4, 0.5) is 10.5 Å². The van der Waals surface area contributed by atoms with E-state index in [0.29, 0.717) is 17.3 Å². The summed E-state index contributed by atoms with van der Waals surface area (Å²) in [5, 5.41) is 12.6. The molecule has 116 valence electrons. The van der Waals surface area contributed by atoms with Crippen LogP contribution in [0.15, 0.2) is 18.5 Å². The third-order valence-electron chi connectivity index (χ3n) is 3.46. The van der Waals surface area contributed by atoms with E-state index in [-0.39, 0.29) is 12.5 Å². The molecule has 1 fully saturated rings. The molecule has 0 bridgehead atoms. The number of nitrogens with zero attached hydrogens (tertiary/aromatic N) is 3. The van der Waals surface area contributed by atoms with E-state index < -0.39 is 11.9 Å². The Hall–Kier alpha value is -2.64. The summed E-state index contributed by atoms with van der Waals surface area (Å²) in [6, 6.07) is 1.36. The van der Waals surface area contributed by atoms with Gasteiger partial charge in [0.25, 0.3) is 0 Å². The minimum atomic E-state index is -0.510. The van der Waals surface area contributed by atoms with Crippen molar-refractivity contribution in [3.63, 3.8) is 0 Å². The molecule has 3 amide bonds. The summed E-state index contributed by atoms with van der Waals surface area (Å²) < 4.78 is 1.64. The third-order valence-corrected chi connectivity index (χ3v) is 3.46. The van der Waals surface area contributed by atoms with Gasteiger partial charge in [0.2, 0.25) is 5.91 Å². The van der Waals surface area contributed by atoms with Gasteiger partial charge in [0.05, 0.1) is 17.3 Å².